The van der Waals surface area contributed by atoms with E-state index in [0.717, 1.165) is 27.7 Å². The van der Waals surface area contributed by atoms with Crippen LogP contribution in [0.25, 0.3) is 0 Å². The van der Waals surface area contributed by atoms with Gasteiger partial charge in [0.2, 0.25) is 0 Å². The molecule has 0 atom stereocenters. The van der Waals surface area contributed by atoms with Crippen molar-refractivity contribution < 1.29 is 13.2 Å². The lowest BCUT2D eigenvalue weighted by atomic mass is 10.1. The molecule has 1 aromatic carbocycles. The molecule has 21 heavy (non-hydrogen) atoms. The van der Waals surface area contributed by atoms with E-state index in [2.05, 4.69) is 26.2 Å². The van der Waals surface area contributed by atoms with E-state index in [-0.39, 0.29) is 11.0 Å². The number of hydrogen-bond acceptors (Lipinski definition) is 2. The third kappa shape index (κ3) is 3.89. The summed E-state index contributed by atoms with van der Waals surface area (Å²) in [6, 6.07) is 5.47. The predicted molar refractivity (Wildman–Crippen MR) is 81.1 cm³/mol. The van der Waals surface area contributed by atoms with E-state index in [9.17, 15) is 13.2 Å². The fourth-order valence-corrected chi connectivity index (χ4v) is 2.86. The highest BCUT2D eigenvalue weighted by atomic mass is 79.9. The van der Waals surface area contributed by atoms with E-state index in [1.54, 1.807) is 0 Å². The molecule has 0 bridgehead atoms. The Hall–Kier alpha value is -1.27. The van der Waals surface area contributed by atoms with Crippen LogP contribution in [-0.2, 0) is 6.18 Å². The van der Waals surface area contributed by atoms with Crippen molar-refractivity contribution in [3.05, 3.63) is 50.6 Å². The summed E-state index contributed by atoms with van der Waals surface area (Å²) < 4.78 is 39.2. The van der Waals surface area contributed by atoms with Crippen LogP contribution < -0.4 is 5.32 Å². The number of hydrogen-bond donors (Lipinski definition) is 1. The maximum absolute atomic E-state index is 12.8. The number of halogens is 5. The van der Waals surface area contributed by atoms with E-state index in [0.29, 0.717) is 5.69 Å². The second-order valence-electron chi connectivity index (χ2n) is 4.60. The van der Waals surface area contributed by atoms with Crippen molar-refractivity contribution >= 4 is 39.0 Å². The molecular formula is C14H11BrClF3N2. The van der Waals surface area contributed by atoms with Gasteiger partial charge in [0.25, 0.3) is 0 Å². The van der Waals surface area contributed by atoms with Gasteiger partial charge in [0.1, 0.15) is 11.0 Å². The smallest absolute Gasteiger partial charge is 0.340 e. The third-order valence-electron chi connectivity index (χ3n) is 2.87. The fourth-order valence-electron chi connectivity index (χ4n) is 1.96. The Morgan fingerprint density at radius 2 is 1.67 bits per heavy atom. The number of aryl methyl sites for hydroxylation is 2. The summed E-state index contributed by atoms with van der Waals surface area (Å²) in [4.78, 5) is 3.89. The Morgan fingerprint density at radius 3 is 2.19 bits per heavy atom. The molecule has 1 heterocycles. The summed E-state index contributed by atoms with van der Waals surface area (Å²) in [5.41, 5.74) is 1.65. The highest BCUT2D eigenvalue weighted by Crippen LogP contribution is 2.34. The Balaban J connectivity index is 2.43. The second-order valence-corrected chi connectivity index (χ2v) is 5.90. The van der Waals surface area contributed by atoms with Gasteiger partial charge in [-0.15, -0.1) is 0 Å². The minimum atomic E-state index is -4.47. The molecule has 2 aromatic rings. The third-order valence-corrected chi connectivity index (χ3v) is 3.52. The highest BCUT2D eigenvalue weighted by molar-refractivity contribution is 9.10. The van der Waals surface area contributed by atoms with Crippen molar-refractivity contribution in [2.75, 3.05) is 5.32 Å². The first-order valence-corrected chi connectivity index (χ1v) is 7.12. The van der Waals surface area contributed by atoms with Gasteiger partial charge in [-0.05, 0) is 49.2 Å². The summed E-state index contributed by atoms with van der Waals surface area (Å²) in [7, 11) is 0. The summed E-state index contributed by atoms with van der Waals surface area (Å²) in [6.45, 7) is 3.71. The van der Waals surface area contributed by atoms with Crippen LogP contribution >= 0.6 is 27.5 Å². The van der Waals surface area contributed by atoms with Crippen LogP contribution in [0, 0.1) is 13.8 Å². The first-order valence-electron chi connectivity index (χ1n) is 5.95. The van der Waals surface area contributed by atoms with Crippen LogP contribution in [0.4, 0.5) is 24.7 Å². The lowest BCUT2D eigenvalue weighted by molar-refractivity contribution is -0.137. The van der Waals surface area contributed by atoms with E-state index in [1.165, 1.54) is 0 Å². The minimum Gasteiger partial charge on any atom is -0.340 e. The molecule has 0 saturated carbocycles. The van der Waals surface area contributed by atoms with Crippen LogP contribution in [0.1, 0.15) is 16.7 Å². The maximum atomic E-state index is 12.8. The van der Waals surface area contributed by atoms with Crippen molar-refractivity contribution in [1.82, 2.24) is 4.98 Å². The Bertz CT molecular complexity index is 663. The molecule has 0 radical (unpaired) electrons. The van der Waals surface area contributed by atoms with Crippen LogP contribution in [-0.4, -0.2) is 4.98 Å². The normalized spacial score (nSPS) is 11.6. The number of pyridine rings is 1. The summed E-state index contributed by atoms with van der Waals surface area (Å²) in [6.07, 6.45) is -4.47. The SMILES string of the molecule is Cc1cc(Br)cc(C)c1Nc1cc(C(F)(F)F)cc(Cl)n1. The zero-order valence-corrected chi connectivity index (χ0v) is 13.5. The molecule has 2 nitrogen and oxygen atoms in total. The van der Waals surface area contributed by atoms with Crippen LogP contribution in [0.2, 0.25) is 5.15 Å². The molecule has 0 aliphatic heterocycles. The van der Waals surface area contributed by atoms with Crippen molar-refractivity contribution in [2.45, 2.75) is 20.0 Å². The largest absolute Gasteiger partial charge is 0.416 e. The predicted octanol–water partition coefficient (Wildman–Crippen LogP) is 5.88. The molecule has 0 aliphatic carbocycles. The van der Waals surface area contributed by atoms with E-state index >= 15 is 0 Å². The lowest BCUT2D eigenvalue weighted by Gasteiger charge is -2.14. The standard InChI is InChI=1S/C14H11BrClF3N2/c1-7-3-10(15)4-8(2)13(7)21-12-6-9(14(17,18)19)5-11(16)20-12/h3-6H,1-2H3,(H,20,21). The number of benzene rings is 1. The Labute approximate surface area is 133 Å². The van der Waals surface area contributed by atoms with Crippen molar-refractivity contribution in [3.8, 4) is 0 Å². The number of rotatable bonds is 2. The molecule has 2 rings (SSSR count). The van der Waals surface area contributed by atoms with E-state index in [1.807, 2.05) is 26.0 Å². The fraction of sp³-hybridized carbons (Fsp3) is 0.214. The summed E-state index contributed by atoms with van der Waals surface area (Å²) in [5, 5.41) is 2.70. The van der Waals surface area contributed by atoms with Crippen molar-refractivity contribution in [3.63, 3.8) is 0 Å². The van der Waals surface area contributed by atoms with Gasteiger partial charge in [0.05, 0.1) is 5.56 Å². The molecule has 1 N–H and O–H groups in total. The molecule has 1 aromatic heterocycles. The highest BCUT2D eigenvalue weighted by Gasteiger charge is 2.31. The van der Waals surface area contributed by atoms with Gasteiger partial charge in [0.15, 0.2) is 0 Å². The van der Waals surface area contributed by atoms with E-state index < -0.39 is 11.7 Å². The monoisotopic (exact) mass is 378 g/mol. The molecule has 0 aliphatic rings. The number of aromatic nitrogens is 1. The van der Waals surface area contributed by atoms with Gasteiger partial charge in [-0.1, -0.05) is 27.5 Å². The summed E-state index contributed by atoms with van der Waals surface area (Å²) >= 11 is 9.04. The van der Waals surface area contributed by atoms with Crippen molar-refractivity contribution in [1.29, 1.82) is 0 Å². The second kappa shape index (κ2) is 5.85. The summed E-state index contributed by atoms with van der Waals surface area (Å²) in [5.74, 6) is 0.0587. The molecular weight excluding hydrogens is 369 g/mol. The quantitative estimate of drug-likeness (QED) is 0.659. The van der Waals surface area contributed by atoms with Crippen LogP contribution in [0.15, 0.2) is 28.7 Å². The lowest BCUT2D eigenvalue weighted by Crippen LogP contribution is -2.07. The van der Waals surface area contributed by atoms with Gasteiger partial charge < -0.3 is 5.32 Å². The topological polar surface area (TPSA) is 24.9 Å². The van der Waals surface area contributed by atoms with Gasteiger partial charge in [-0.25, -0.2) is 4.98 Å². The number of anilines is 2. The molecule has 112 valence electrons. The maximum Gasteiger partial charge on any atom is 0.416 e. The molecule has 0 amide bonds. The van der Waals surface area contributed by atoms with Crippen molar-refractivity contribution in [2.24, 2.45) is 0 Å². The van der Waals surface area contributed by atoms with E-state index in [4.69, 9.17) is 11.6 Å². The Kier molecular flexibility index (Phi) is 4.49. The first kappa shape index (κ1) is 16.1. The first-order chi connectivity index (χ1) is 9.66. The zero-order valence-electron chi connectivity index (χ0n) is 11.1. The average Bonchev–Trinajstić information content (AvgIpc) is 2.32. The molecule has 0 fully saturated rings. The molecule has 0 unspecified atom stereocenters. The van der Waals surface area contributed by atoms with Gasteiger partial charge in [0, 0.05) is 10.2 Å². The zero-order chi connectivity index (χ0) is 15.8. The van der Waals surface area contributed by atoms with Crippen LogP contribution in [0.3, 0.4) is 0 Å². The van der Waals surface area contributed by atoms with Gasteiger partial charge >= 0.3 is 6.18 Å². The molecule has 0 spiro atoms. The molecule has 0 saturated heterocycles. The van der Waals surface area contributed by atoms with Gasteiger partial charge in [-0.2, -0.15) is 13.2 Å². The number of nitrogens with zero attached hydrogens (tertiary/aromatic N) is 1. The average molecular weight is 380 g/mol. The number of alkyl halides is 3. The van der Waals surface area contributed by atoms with Crippen LogP contribution in [0.5, 0.6) is 0 Å². The number of nitrogens with one attached hydrogen (secondary N) is 1. The molecule has 7 heteroatoms. The van der Waals surface area contributed by atoms with Gasteiger partial charge in [-0.3, -0.25) is 0 Å². The Morgan fingerprint density at radius 1 is 1.10 bits per heavy atom. The minimum absolute atomic E-state index is 0.0587.